The first-order chi connectivity index (χ1) is 10.1. The topological polar surface area (TPSA) is 79.0 Å². The summed E-state index contributed by atoms with van der Waals surface area (Å²) < 4.78 is 5.36. The van der Waals surface area contributed by atoms with Crippen LogP contribution in [0.3, 0.4) is 0 Å². The van der Waals surface area contributed by atoms with E-state index >= 15 is 0 Å². The van der Waals surface area contributed by atoms with Gasteiger partial charge in [-0.1, -0.05) is 24.3 Å². The normalized spacial score (nSPS) is 10.5. The van der Waals surface area contributed by atoms with Gasteiger partial charge in [-0.15, -0.1) is 0 Å². The Morgan fingerprint density at radius 3 is 2.81 bits per heavy atom. The molecule has 0 aliphatic heterocycles. The van der Waals surface area contributed by atoms with Crippen LogP contribution in [0.2, 0.25) is 0 Å². The van der Waals surface area contributed by atoms with E-state index in [4.69, 9.17) is 9.83 Å². The smallest absolute Gasteiger partial charge is 0.262 e. The minimum atomic E-state index is -0.410. The highest BCUT2D eigenvalue weighted by Crippen LogP contribution is 2.13. The van der Waals surface area contributed by atoms with Crippen molar-refractivity contribution in [3.05, 3.63) is 65.3 Å². The highest BCUT2D eigenvalue weighted by atomic mass is 16.3. The van der Waals surface area contributed by atoms with E-state index in [2.05, 4.69) is 10.3 Å². The Hall–Kier alpha value is -2.95. The Morgan fingerprint density at radius 1 is 1.19 bits per heavy atom. The number of hydrogen-bond acceptors (Lipinski definition) is 4. The number of pyridine rings is 1. The van der Waals surface area contributed by atoms with Gasteiger partial charge in [0.2, 0.25) is 5.55 Å². The van der Waals surface area contributed by atoms with E-state index in [1.807, 2.05) is 37.3 Å². The van der Waals surface area contributed by atoms with E-state index in [1.165, 1.54) is 0 Å². The predicted molar refractivity (Wildman–Crippen MR) is 79.0 cm³/mol. The zero-order valence-corrected chi connectivity index (χ0v) is 11.4. The fourth-order valence-corrected chi connectivity index (χ4v) is 2.04. The van der Waals surface area contributed by atoms with E-state index in [-0.39, 0.29) is 11.1 Å². The van der Waals surface area contributed by atoms with Crippen LogP contribution in [0.25, 0.3) is 11.0 Å². The molecule has 3 rings (SSSR count). The third kappa shape index (κ3) is 2.67. The molecule has 0 aliphatic rings. The summed E-state index contributed by atoms with van der Waals surface area (Å²) in [6.07, 6.45) is 0. The minimum Gasteiger partial charge on any atom is -0.438 e. The zero-order chi connectivity index (χ0) is 14.8. The number of anilines is 1. The van der Waals surface area contributed by atoms with E-state index in [9.17, 15) is 4.79 Å². The van der Waals surface area contributed by atoms with Gasteiger partial charge < -0.3 is 9.73 Å². The van der Waals surface area contributed by atoms with Crippen molar-refractivity contribution >= 4 is 22.7 Å². The number of amides is 1. The molecule has 0 radical (unpaired) electrons. The van der Waals surface area contributed by atoms with Gasteiger partial charge in [0, 0.05) is 11.1 Å². The molecule has 0 fully saturated rings. The van der Waals surface area contributed by atoms with Crippen LogP contribution in [0.5, 0.6) is 0 Å². The first kappa shape index (κ1) is 13.1. The molecule has 1 amide bonds. The lowest BCUT2D eigenvalue weighted by molar-refractivity contribution is 0.102. The fourth-order valence-electron chi connectivity index (χ4n) is 2.04. The molecule has 2 aromatic heterocycles. The Balaban J connectivity index is 1.98. The van der Waals surface area contributed by atoms with Crippen LogP contribution < -0.4 is 10.9 Å². The number of carbonyl (C=O) groups excluding carboxylic acids is 1. The molecular weight excluding hydrogens is 266 g/mol. The van der Waals surface area contributed by atoms with Crippen molar-refractivity contribution < 1.29 is 9.21 Å². The lowest BCUT2D eigenvalue weighted by Crippen LogP contribution is -2.21. The minimum absolute atomic E-state index is 0.168. The number of fused-ring (bicyclic) bond motifs is 1. The monoisotopic (exact) mass is 279 g/mol. The van der Waals surface area contributed by atoms with Gasteiger partial charge in [-0.3, -0.25) is 10.2 Å². The third-order valence-corrected chi connectivity index (χ3v) is 3.05. The van der Waals surface area contributed by atoms with Gasteiger partial charge >= 0.3 is 0 Å². The predicted octanol–water partition coefficient (Wildman–Crippen LogP) is 2.87. The highest BCUT2D eigenvalue weighted by molar-refractivity contribution is 6.04. The first-order valence-corrected chi connectivity index (χ1v) is 6.46. The number of aromatic nitrogens is 1. The number of nitrogens with zero attached hydrogens (tertiary/aromatic N) is 1. The summed E-state index contributed by atoms with van der Waals surface area (Å²) in [6.45, 7) is 1.84. The third-order valence-electron chi connectivity index (χ3n) is 3.05. The molecule has 0 saturated heterocycles. The summed E-state index contributed by atoms with van der Waals surface area (Å²) in [5.74, 6) is 0.0418. The van der Waals surface area contributed by atoms with Crippen LogP contribution in [-0.4, -0.2) is 10.9 Å². The van der Waals surface area contributed by atoms with Crippen LogP contribution in [0.1, 0.15) is 16.1 Å². The molecule has 5 heteroatoms. The van der Waals surface area contributed by atoms with Crippen molar-refractivity contribution in [2.75, 3.05) is 5.32 Å². The molecule has 3 aromatic rings. The number of nitrogens with one attached hydrogen (secondary N) is 2. The molecule has 21 heavy (non-hydrogen) atoms. The van der Waals surface area contributed by atoms with Crippen LogP contribution >= 0.6 is 0 Å². The summed E-state index contributed by atoms with van der Waals surface area (Å²) in [4.78, 5) is 16.5. The molecule has 0 spiro atoms. The van der Waals surface area contributed by atoms with E-state index in [0.29, 0.717) is 11.4 Å². The van der Waals surface area contributed by atoms with Gasteiger partial charge in [-0.25, -0.2) is 4.98 Å². The van der Waals surface area contributed by atoms with Gasteiger partial charge in [0.25, 0.3) is 5.91 Å². The SMILES string of the molecule is Cc1cccc(NC(=O)c2cc3ccccc3oc2=N)n1. The van der Waals surface area contributed by atoms with Gasteiger partial charge in [0.1, 0.15) is 17.0 Å². The largest absolute Gasteiger partial charge is 0.438 e. The maximum Gasteiger partial charge on any atom is 0.262 e. The summed E-state index contributed by atoms with van der Waals surface area (Å²) >= 11 is 0. The molecule has 104 valence electrons. The van der Waals surface area contributed by atoms with E-state index < -0.39 is 5.91 Å². The summed E-state index contributed by atoms with van der Waals surface area (Å²) in [7, 11) is 0. The summed E-state index contributed by atoms with van der Waals surface area (Å²) in [6, 6.07) is 14.3. The average Bonchev–Trinajstić information content (AvgIpc) is 2.46. The summed E-state index contributed by atoms with van der Waals surface area (Å²) in [5, 5.41) is 11.3. The van der Waals surface area contributed by atoms with Crippen molar-refractivity contribution in [2.24, 2.45) is 0 Å². The van der Waals surface area contributed by atoms with Gasteiger partial charge in [0.05, 0.1) is 0 Å². The molecule has 0 atom stereocenters. The second kappa shape index (κ2) is 5.20. The Kier molecular flexibility index (Phi) is 3.23. The Bertz CT molecular complexity index is 884. The lowest BCUT2D eigenvalue weighted by Gasteiger charge is -2.06. The second-order valence-corrected chi connectivity index (χ2v) is 4.65. The highest BCUT2D eigenvalue weighted by Gasteiger charge is 2.12. The van der Waals surface area contributed by atoms with Crippen molar-refractivity contribution in [3.8, 4) is 0 Å². The van der Waals surface area contributed by atoms with E-state index in [1.54, 1.807) is 18.2 Å². The molecule has 2 heterocycles. The zero-order valence-electron chi connectivity index (χ0n) is 11.4. The molecule has 0 saturated carbocycles. The van der Waals surface area contributed by atoms with Crippen molar-refractivity contribution in [1.82, 2.24) is 4.98 Å². The quantitative estimate of drug-likeness (QED) is 0.757. The van der Waals surface area contributed by atoms with Crippen molar-refractivity contribution in [3.63, 3.8) is 0 Å². The van der Waals surface area contributed by atoms with Crippen LogP contribution in [0.15, 0.2) is 52.9 Å². The number of para-hydroxylation sites is 1. The molecule has 0 aliphatic carbocycles. The number of benzene rings is 1. The molecule has 1 aromatic carbocycles. The maximum atomic E-state index is 12.3. The van der Waals surface area contributed by atoms with Crippen molar-refractivity contribution in [2.45, 2.75) is 6.92 Å². The lowest BCUT2D eigenvalue weighted by atomic mass is 10.2. The van der Waals surface area contributed by atoms with Crippen LogP contribution in [0, 0.1) is 12.3 Å². The second-order valence-electron chi connectivity index (χ2n) is 4.65. The fraction of sp³-hybridized carbons (Fsp3) is 0.0625. The molecule has 0 unspecified atom stereocenters. The maximum absolute atomic E-state index is 12.3. The molecular formula is C16H13N3O2. The van der Waals surface area contributed by atoms with Gasteiger partial charge in [-0.05, 0) is 31.2 Å². The molecule has 0 bridgehead atoms. The van der Waals surface area contributed by atoms with Crippen LogP contribution in [0.4, 0.5) is 5.82 Å². The van der Waals surface area contributed by atoms with Gasteiger partial charge in [-0.2, -0.15) is 0 Å². The average molecular weight is 279 g/mol. The van der Waals surface area contributed by atoms with E-state index in [0.717, 1.165) is 11.1 Å². The number of aryl methyl sites for hydroxylation is 1. The Morgan fingerprint density at radius 2 is 2.00 bits per heavy atom. The van der Waals surface area contributed by atoms with Crippen LogP contribution in [-0.2, 0) is 0 Å². The summed E-state index contributed by atoms with van der Waals surface area (Å²) in [5.41, 5.74) is 1.39. The number of carbonyl (C=O) groups is 1. The van der Waals surface area contributed by atoms with Gasteiger partial charge in [0.15, 0.2) is 0 Å². The molecule has 2 N–H and O–H groups in total. The molecule has 5 nitrogen and oxygen atoms in total. The van der Waals surface area contributed by atoms with Crippen molar-refractivity contribution in [1.29, 1.82) is 5.41 Å². The number of hydrogen-bond donors (Lipinski definition) is 2. The Labute approximate surface area is 120 Å². The first-order valence-electron chi connectivity index (χ1n) is 6.46. The standard InChI is InChI=1S/C16H13N3O2/c1-10-5-4-8-14(18-10)19-16(20)12-9-11-6-2-3-7-13(11)21-15(12)17/h2-9,17H,1H3,(H,18,19,20). The number of rotatable bonds is 2.